The van der Waals surface area contributed by atoms with Gasteiger partial charge in [-0.2, -0.15) is 80.4 Å². The van der Waals surface area contributed by atoms with Gasteiger partial charge in [-0.25, -0.2) is 9.59 Å². The highest BCUT2D eigenvalue weighted by Gasteiger charge is 2.65. The van der Waals surface area contributed by atoms with Gasteiger partial charge < -0.3 is 19.2 Å². The average molecular weight is 1010 g/mol. The van der Waals surface area contributed by atoms with E-state index in [0.29, 0.717) is 10.6 Å². The van der Waals surface area contributed by atoms with Crippen LogP contribution in [0.2, 0.25) is 10.0 Å². The van der Waals surface area contributed by atoms with Crippen molar-refractivity contribution >= 4 is 41.4 Å². The number of alkyl halides is 16. The third-order valence-corrected chi connectivity index (χ3v) is 8.78. The number of carbonyl (C=O) groups excluding carboxylic acids is 2. The summed E-state index contributed by atoms with van der Waals surface area (Å²) in [5.41, 5.74) is -11.4. The summed E-state index contributed by atoms with van der Waals surface area (Å²) in [5, 5.41) is 20.3. The molecule has 5 rings (SSSR count). The van der Waals surface area contributed by atoms with Gasteiger partial charge in [0.2, 0.25) is 0 Å². The maximum atomic E-state index is 13.8. The van der Waals surface area contributed by atoms with Crippen LogP contribution in [0.5, 0.6) is 0 Å². The van der Waals surface area contributed by atoms with Gasteiger partial charge in [0, 0.05) is 25.7 Å². The minimum atomic E-state index is -6.33. The van der Waals surface area contributed by atoms with E-state index in [1.165, 1.54) is 49.6 Å². The summed E-state index contributed by atoms with van der Waals surface area (Å²) < 4.78 is 221. The maximum Gasteiger partial charge on any atom is 0.459 e. The molecule has 0 spiro atoms. The van der Waals surface area contributed by atoms with Crippen LogP contribution in [0.1, 0.15) is 54.5 Å². The van der Waals surface area contributed by atoms with Crippen LogP contribution in [-0.2, 0) is 47.8 Å². The number of benzene rings is 2. The van der Waals surface area contributed by atoms with Crippen molar-refractivity contribution in [1.29, 1.82) is 0 Å². The molecule has 0 unspecified atom stereocenters. The molecule has 0 amide bonds. The topological polar surface area (TPSA) is 147 Å². The average Bonchev–Trinajstić information content (AvgIpc) is 3.93. The van der Waals surface area contributed by atoms with Crippen LogP contribution in [0.15, 0.2) is 52.1 Å². The van der Waals surface area contributed by atoms with E-state index in [0.717, 1.165) is 27.3 Å². The molecule has 0 saturated heterocycles. The molecule has 30 heteroatoms. The van der Waals surface area contributed by atoms with Crippen LogP contribution in [0.25, 0.3) is 22.7 Å². The number of halogens is 18. The number of rotatable bonds is 7. The fraction of sp³-hybridized carbons (Fsp3) is 0.278. The molecule has 0 bridgehead atoms. The van der Waals surface area contributed by atoms with Crippen molar-refractivity contribution in [2.45, 2.75) is 36.6 Å². The number of aromatic nitrogens is 5. The van der Waals surface area contributed by atoms with Gasteiger partial charge in [0.05, 0.1) is 41.6 Å². The summed E-state index contributed by atoms with van der Waals surface area (Å²) in [6.45, 7) is 0. The summed E-state index contributed by atoms with van der Waals surface area (Å²) in [7, 11) is 3.82. The van der Waals surface area contributed by atoms with Gasteiger partial charge in [-0.15, -0.1) is 6.42 Å². The molecule has 0 saturated carbocycles. The van der Waals surface area contributed by atoms with Gasteiger partial charge in [-0.05, 0) is 35.7 Å². The molecule has 2 aromatic carbocycles. The number of hydrogen-bond donors (Lipinski definition) is 1. The van der Waals surface area contributed by atoms with Gasteiger partial charge in [-0.3, -0.25) is 9.36 Å². The molecule has 0 radical (unpaired) electrons. The summed E-state index contributed by atoms with van der Waals surface area (Å²) in [6, 6.07) is 9.23. The van der Waals surface area contributed by atoms with E-state index in [9.17, 15) is 79.8 Å². The number of carbonyl (C=O) groups is 2. The van der Waals surface area contributed by atoms with E-state index in [2.05, 4.69) is 36.4 Å². The Morgan fingerprint density at radius 3 is 1.62 bits per heavy atom. The van der Waals surface area contributed by atoms with Crippen LogP contribution >= 0.6 is 23.2 Å². The van der Waals surface area contributed by atoms with E-state index in [1.807, 2.05) is 0 Å². The summed E-state index contributed by atoms with van der Waals surface area (Å²) in [4.78, 5) is 22.9. The Bertz CT molecular complexity index is 2660. The molecule has 5 aromatic rings. The van der Waals surface area contributed by atoms with E-state index in [4.69, 9.17) is 32.9 Å². The van der Waals surface area contributed by atoms with Crippen molar-refractivity contribution in [1.82, 2.24) is 24.7 Å². The minimum Gasteiger partial charge on any atom is -0.465 e. The van der Waals surface area contributed by atoms with Crippen LogP contribution in [0.3, 0.4) is 0 Å². The first-order valence-electron chi connectivity index (χ1n) is 16.7. The number of esters is 2. The van der Waals surface area contributed by atoms with Gasteiger partial charge in [0.15, 0.2) is 17.1 Å². The number of nitrogens with zero attached hydrogens (tertiary/aromatic N) is 6. The van der Waals surface area contributed by atoms with Crippen LogP contribution in [0.4, 0.5) is 70.2 Å². The zero-order valence-electron chi connectivity index (χ0n) is 32.7. The minimum absolute atomic E-state index is 0.0145. The lowest BCUT2D eigenvalue weighted by Crippen LogP contribution is -2.36. The fourth-order valence-electron chi connectivity index (χ4n) is 5.17. The predicted molar refractivity (Wildman–Crippen MR) is 194 cm³/mol. The van der Waals surface area contributed by atoms with E-state index in [1.54, 1.807) is 6.07 Å². The number of oxime groups is 1. The molecule has 0 atom stereocenters. The first-order chi connectivity index (χ1) is 30.1. The van der Waals surface area contributed by atoms with Gasteiger partial charge in [-0.1, -0.05) is 45.6 Å². The van der Waals surface area contributed by atoms with Crippen molar-refractivity contribution in [3.63, 3.8) is 0 Å². The summed E-state index contributed by atoms with van der Waals surface area (Å²) in [5.74, 6) is -12.4. The Hall–Kier alpha value is -6.50. The Labute approximate surface area is 367 Å². The first-order valence-corrected chi connectivity index (χ1v) is 17.4. The maximum absolute atomic E-state index is 13.8. The molecule has 358 valence electrons. The van der Waals surface area contributed by atoms with E-state index < -0.39 is 88.2 Å². The van der Waals surface area contributed by atoms with Crippen LogP contribution in [-0.4, -0.2) is 74.7 Å². The second-order valence-corrected chi connectivity index (χ2v) is 13.2. The monoisotopic (exact) mass is 1010 g/mol. The van der Waals surface area contributed by atoms with Gasteiger partial charge in [0.1, 0.15) is 28.2 Å². The highest BCUT2D eigenvalue weighted by Crippen LogP contribution is 2.51. The smallest absolute Gasteiger partial charge is 0.459 e. The second kappa shape index (κ2) is 19.5. The Morgan fingerprint density at radius 2 is 1.18 bits per heavy atom. The molecule has 0 aliphatic carbocycles. The normalized spacial score (nSPS) is 12.5. The zero-order chi connectivity index (χ0) is 50.7. The Kier molecular flexibility index (Phi) is 15.9. The van der Waals surface area contributed by atoms with E-state index in [-0.39, 0.29) is 36.8 Å². The Morgan fingerprint density at radius 1 is 0.727 bits per heavy atom. The molecule has 12 nitrogen and oxygen atoms in total. The number of ether oxygens (including phenoxy) is 2. The lowest BCUT2D eigenvalue weighted by Gasteiger charge is -2.19. The predicted octanol–water partition coefficient (Wildman–Crippen LogP) is 10.9. The lowest BCUT2D eigenvalue weighted by molar-refractivity contribution is -0.292. The van der Waals surface area contributed by atoms with E-state index >= 15 is 0 Å². The van der Waals surface area contributed by atoms with Gasteiger partial charge >= 0.3 is 48.5 Å². The second-order valence-electron chi connectivity index (χ2n) is 12.4. The summed E-state index contributed by atoms with van der Waals surface area (Å²) >= 11 is 11.7. The molecule has 66 heavy (non-hydrogen) atoms. The molecule has 0 fully saturated rings. The largest absolute Gasteiger partial charge is 0.465 e. The third kappa shape index (κ3) is 11.3. The molecular formula is C36H22Cl2F16N6O6. The lowest BCUT2D eigenvalue weighted by atomic mass is 10.0. The molecule has 0 aliphatic rings. The number of terminal acetylenes is 1. The Balaban J connectivity index is 0.000000295. The fourth-order valence-corrected chi connectivity index (χ4v) is 5.56. The van der Waals surface area contributed by atoms with Crippen molar-refractivity contribution in [3.05, 3.63) is 97.4 Å². The molecular weight excluding hydrogens is 987 g/mol. The number of aryl methyl sites for hydroxylation is 2. The summed E-state index contributed by atoms with van der Waals surface area (Å²) in [6.07, 6.45) is -17.8. The highest BCUT2D eigenvalue weighted by molar-refractivity contribution is 6.34. The molecule has 1 N–H and O–H groups in total. The van der Waals surface area contributed by atoms with Gasteiger partial charge in [0.25, 0.3) is 0 Å². The molecule has 3 heterocycles. The third-order valence-electron chi connectivity index (χ3n) is 8.12. The van der Waals surface area contributed by atoms with Crippen LogP contribution in [0, 0.1) is 12.3 Å². The zero-order valence-corrected chi connectivity index (χ0v) is 34.2. The first kappa shape index (κ1) is 53.8. The quantitative estimate of drug-likeness (QED) is 0.0420. The highest BCUT2D eigenvalue weighted by atomic mass is 35.5. The number of hydrogen-bond acceptors (Lipinski definition) is 10. The van der Waals surface area contributed by atoms with Crippen molar-refractivity contribution < 1.29 is 99.0 Å². The molecule has 0 aliphatic heterocycles. The van der Waals surface area contributed by atoms with Crippen molar-refractivity contribution in [2.24, 2.45) is 19.3 Å². The van der Waals surface area contributed by atoms with Crippen molar-refractivity contribution in [3.8, 4) is 35.1 Å². The number of methoxy groups -OCH3 is 2. The van der Waals surface area contributed by atoms with Crippen molar-refractivity contribution in [2.75, 3.05) is 14.2 Å². The SMILES string of the molecule is C#Cc1c(C(F)(F)F)c(C(F)(F)C(F)(F)F)nn1C.COC(=O)c1cc(-c2cc(-c3c(C(F)(F)F)c(C(F)(F)C(F)(F)F)nn3C)on2)ccc1Cl.COC(=O)c1cc(/C=N/O)ccc1Cl. The standard InChI is InChI=1S/C18H10ClF8N3O3.C9H8ClNO3.C9H4F8N2/c1-30-13(12(17(22,23)24)14(28-30)16(20,21)18(25,26)27)11-6-10(29-33-11)7-3-4-9(19)8(5-7)15(31)32-2;1-14-9(12)7-4-6(5-11-13)2-3-8(7)10;1-3-4-5(8(12,13)14)6(18-19(4)2)7(10,11)9(15,16)17/h3-6H,1-2H3;2-5,13H,1H3;1H,2H3/b;11-5+;. The molecule has 3 aromatic heterocycles. The van der Waals surface area contributed by atoms with Crippen LogP contribution < -0.4 is 0 Å².